The van der Waals surface area contributed by atoms with Crippen LogP contribution >= 0.6 is 0 Å². The Morgan fingerprint density at radius 3 is 2.48 bits per heavy atom. The molecule has 154 valence electrons. The van der Waals surface area contributed by atoms with Gasteiger partial charge in [-0.05, 0) is 48.2 Å². The maximum absolute atomic E-state index is 13.0. The maximum atomic E-state index is 13.0. The Bertz CT molecular complexity index is 1290. The molecule has 0 unspecified atom stereocenters. The average molecular weight is 411 g/mol. The van der Waals surface area contributed by atoms with Crippen molar-refractivity contribution in [3.63, 3.8) is 0 Å². The Morgan fingerprint density at radius 2 is 1.68 bits per heavy atom. The van der Waals surface area contributed by atoms with E-state index in [0.29, 0.717) is 22.6 Å². The smallest absolute Gasteiger partial charge is 0.255 e. The summed E-state index contributed by atoms with van der Waals surface area (Å²) in [5.41, 5.74) is 3.13. The Morgan fingerprint density at radius 1 is 0.839 bits per heavy atom. The number of hydrogen-bond acceptors (Lipinski definition) is 5. The van der Waals surface area contributed by atoms with Crippen molar-refractivity contribution in [3.8, 4) is 0 Å². The summed E-state index contributed by atoms with van der Waals surface area (Å²) in [7, 11) is 1.55. The summed E-state index contributed by atoms with van der Waals surface area (Å²) in [4.78, 5) is 33.6. The lowest BCUT2D eigenvalue weighted by Crippen LogP contribution is -2.19. The van der Waals surface area contributed by atoms with Crippen molar-refractivity contribution in [3.05, 3.63) is 89.9 Å². The average Bonchev–Trinajstić information content (AvgIpc) is 2.80. The van der Waals surface area contributed by atoms with Gasteiger partial charge < -0.3 is 16.0 Å². The molecule has 31 heavy (non-hydrogen) atoms. The Kier molecular flexibility index (Phi) is 5.57. The molecule has 0 radical (unpaired) electrons. The second-order valence-corrected chi connectivity index (χ2v) is 7.03. The van der Waals surface area contributed by atoms with Crippen molar-refractivity contribution < 1.29 is 9.59 Å². The molecule has 0 saturated heterocycles. The third-order valence-electron chi connectivity index (χ3n) is 4.93. The third kappa shape index (κ3) is 4.35. The van der Waals surface area contributed by atoms with Crippen molar-refractivity contribution in [1.29, 1.82) is 0 Å². The minimum atomic E-state index is -0.303. The molecule has 2 heterocycles. The molecule has 0 aliphatic rings. The van der Waals surface area contributed by atoms with Crippen LogP contribution in [0.25, 0.3) is 10.8 Å². The first-order chi connectivity index (χ1) is 15.0. The Labute approximate surface area is 179 Å². The second kappa shape index (κ2) is 8.62. The van der Waals surface area contributed by atoms with Gasteiger partial charge in [0.2, 0.25) is 0 Å². The van der Waals surface area contributed by atoms with Crippen LogP contribution in [0.2, 0.25) is 0 Å². The largest absolute Gasteiger partial charge is 0.355 e. The van der Waals surface area contributed by atoms with Crippen LogP contribution in [0.1, 0.15) is 26.3 Å². The number of amides is 2. The van der Waals surface area contributed by atoms with Crippen LogP contribution in [-0.2, 0) is 0 Å². The highest BCUT2D eigenvalue weighted by Gasteiger charge is 2.15. The molecule has 4 aromatic rings. The van der Waals surface area contributed by atoms with Crippen molar-refractivity contribution in [2.24, 2.45) is 0 Å². The van der Waals surface area contributed by atoms with Gasteiger partial charge in [-0.15, -0.1) is 0 Å². The highest BCUT2D eigenvalue weighted by Crippen LogP contribution is 2.27. The van der Waals surface area contributed by atoms with Gasteiger partial charge >= 0.3 is 0 Å². The molecule has 7 heteroatoms. The van der Waals surface area contributed by atoms with Crippen LogP contribution in [0.3, 0.4) is 0 Å². The Balaban J connectivity index is 1.69. The van der Waals surface area contributed by atoms with E-state index in [2.05, 4.69) is 25.9 Å². The van der Waals surface area contributed by atoms with E-state index in [1.165, 1.54) is 6.20 Å². The van der Waals surface area contributed by atoms with Crippen LogP contribution < -0.4 is 16.0 Å². The molecule has 4 rings (SSSR count). The van der Waals surface area contributed by atoms with E-state index in [9.17, 15) is 9.59 Å². The molecule has 2 aromatic carbocycles. The molecule has 3 N–H and O–H groups in total. The van der Waals surface area contributed by atoms with Crippen LogP contribution in [-0.4, -0.2) is 28.8 Å². The van der Waals surface area contributed by atoms with Crippen LogP contribution in [0.15, 0.2) is 73.2 Å². The van der Waals surface area contributed by atoms with E-state index < -0.39 is 0 Å². The van der Waals surface area contributed by atoms with Crippen molar-refractivity contribution in [1.82, 2.24) is 15.3 Å². The number of carbonyl (C=O) groups is 2. The summed E-state index contributed by atoms with van der Waals surface area (Å²) in [6.07, 6.45) is 4.90. The standard InChI is InChI=1S/C24H21N5O2/c1-15-5-3-4-6-20(15)28-22-21(12-19(14-27-22)23(30)25-2)29-24(31)17-7-8-18-13-26-10-9-16(18)11-17/h3-14H,1-2H3,(H,25,30)(H,27,28)(H,29,31). The van der Waals surface area contributed by atoms with E-state index in [4.69, 9.17) is 0 Å². The topological polar surface area (TPSA) is 96.0 Å². The minimum absolute atomic E-state index is 0.288. The number of hydrogen-bond donors (Lipinski definition) is 3. The fourth-order valence-electron chi connectivity index (χ4n) is 3.19. The normalized spacial score (nSPS) is 10.5. The molecule has 0 bridgehead atoms. The van der Waals surface area contributed by atoms with E-state index in [1.807, 2.05) is 43.3 Å². The number of pyridine rings is 2. The van der Waals surface area contributed by atoms with Gasteiger partial charge in [0, 0.05) is 42.3 Å². The zero-order valence-electron chi connectivity index (χ0n) is 17.1. The molecule has 2 aromatic heterocycles. The SMILES string of the molecule is CNC(=O)c1cnc(Nc2ccccc2C)c(NC(=O)c2ccc3cnccc3c2)c1. The molecule has 0 aliphatic heterocycles. The van der Waals surface area contributed by atoms with Gasteiger partial charge in [0.1, 0.15) is 0 Å². The van der Waals surface area contributed by atoms with Crippen LogP contribution in [0.4, 0.5) is 17.2 Å². The number of rotatable bonds is 5. The van der Waals surface area contributed by atoms with Gasteiger partial charge in [-0.2, -0.15) is 0 Å². The summed E-state index contributed by atoms with van der Waals surface area (Å²) in [5, 5.41) is 10.6. The van der Waals surface area contributed by atoms with Crippen LogP contribution in [0.5, 0.6) is 0 Å². The van der Waals surface area contributed by atoms with E-state index >= 15 is 0 Å². The maximum Gasteiger partial charge on any atom is 0.255 e. The first-order valence-corrected chi connectivity index (χ1v) is 9.75. The summed E-state index contributed by atoms with van der Waals surface area (Å²) < 4.78 is 0. The van der Waals surface area contributed by atoms with Gasteiger partial charge in [-0.1, -0.05) is 24.3 Å². The number of nitrogens with zero attached hydrogens (tertiary/aromatic N) is 2. The molecular weight excluding hydrogens is 390 g/mol. The number of anilines is 3. The van der Waals surface area contributed by atoms with Gasteiger partial charge in [-0.3, -0.25) is 14.6 Å². The second-order valence-electron chi connectivity index (χ2n) is 7.03. The molecule has 0 aliphatic carbocycles. The van der Waals surface area contributed by atoms with E-state index in [-0.39, 0.29) is 11.8 Å². The van der Waals surface area contributed by atoms with Crippen molar-refractivity contribution >= 4 is 39.8 Å². The van der Waals surface area contributed by atoms with E-state index in [0.717, 1.165) is 22.0 Å². The number of aryl methyl sites for hydroxylation is 1. The molecule has 0 fully saturated rings. The van der Waals surface area contributed by atoms with Crippen molar-refractivity contribution in [2.75, 3.05) is 17.7 Å². The minimum Gasteiger partial charge on any atom is -0.355 e. The summed E-state index contributed by atoms with van der Waals surface area (Å²) in [5.74, 6) is -0.147. The number of carbonyl (C=O) groups excluding carboxylic acids is 2. The van der Waals surface area contributed by atoms with Gasteiger partial charge in [-0.25, -0.2) is 4.98 Å². The summed E-state index contributed by atoms with van der Waals surface area (Å²) in [6, 6.07) is 16.6. The number of nitrogens with one attached hydrogen (secondary N) is 3. The number of fused-ring (bicyclic) bond motifs is 1. The first kappa shape index (κ1) is 20.0. The zero-order valence-corrected chi connectivity index (χ0v) is 17.1. The molecule has 0 saturated carbocycles. The number of benzene rings is 2. The predicted molar refractivity (Wildman–Crippen MR) is 122 cm³/mol. The molecule has 2 amide bonds. The molecule has 0 spiro atoms. The van der Waals surface area contributed by atoms with Gasteiger partial charge in [0.15, 0.2) is 5.82 Å². The first-order valence-electron chi connectivity index (χ1n) is 9.75. The fourth-order valence-corrected chi connectivity index (χ4v) is 3.19. The lowest BCUT2D eigenvalue weighted by molar-refractivity contribution is 0.0961. The number of aromatic nitrogens is 2. The molecular formula is C24H21N5O2. The molecule has 0 atom stereocenters. The highest BCUT2D eigenvalue weighted by atomic mass is 16.2. The lowest BCUT2D eigenvalue weighted by Gasteiger charge is -2.15. The van der Waals surface area contributed by atoms with Gasteiger partial charge in [0.25, 0.3) is 11.8 Å². The van der Waals surface area contributed by atoms with Crippen molar-refractivity contribution in [2.45, 2.75) is 6.92 Å². The van der Waals surface area contributed by atoms with E-state index in [1.54, 1.807) is 37.6 Å². The summed E-state index contributed by atoms with van der Waals surface area (Å²) in [6.45, 7) is 1.98. The quantitative estimate of drug-likeness (QED) is 0.455. The Hall–Kier alpha value is -4.26. The lowest BCUT2D eigenvalue weighted by atomic mass is 10.1. The zero-order chi connectivity index (χ0) is 21.8. The fraction of sp³-hybridized carbons (Fsp3) is 0.0833. The van der Waals surface area contributed by atoms with Crippen LogP contribution in [0, 0.1) is 6.92 Å². The summed E-state index contributed by atoms with van der Waals surface area (Å²) >= 11 is 0. The van der Waals surface area contributed by atoms with Gasteiger partial charge in [0.05, 0.1) is 11.3 Å². The highest BCUT2D eigenvalue weighted by molar-refractivity contribution is 6.08. The monoisotopic (exact) mass is 411 g/mol. The number of para-hydroxylation sites is 1. The third-order valence-corrected chi connectivity index (χ3v) is 4.93. The molecule has 7 nitrogen and oxygen atoms in total. The predicted octanol–water partition coefficient (Wildman–Crippen LogP) is 4.29.